The highest BCUT2D eigenvalue weighted by molar-refractivity contribution is 5.79. The number of rotatable bonds is 13. The van der Waals surface area contributed by atoms with E-state index in [1.807, 2.05) is 0 Å². The fourth-order valence-corrected chi connectivity index (χ4v) is 3.73. The lowest BCUT2D eigenvalue weighted by Crippen LogP contribution is -2.59. The number of Topliss-reactive ketones (excluding diaryl/α,β-unsaturated/α-hetero) is 1. The Morgan fingerprint density at radius 1 is 1.16 bits per heavy atom. The number of carbonyl (C=O) groups is 1. The van der Waals surface area contributed by atoms with Crippen molar-refractivity contribution in [2.24, 2.45) is 0 Å². The quantitative estimate of drug-likeness (QED) is 0.275. The molecule has 0 bridgehead atoms. The number of hydrogen-bond donors (Lipinski definition) is 5. The second-order valence-corrected chi connectivity index (χ2v) is 8.20. The average molecular weight is 457 g/mol. The van der Waals surface area contributed by atoms with Gasteiger partial charge in [0.1, 0.15) is 30.2 Å². The summed E-state index contributed by atoms with van der Waals surface area (Å²) < 4.78 is 16.4. The van der Waals surface area contributed by atoms with Crippen molar-refractivity contribution in [1.82, 2.24) is 0 Å². The van der Waals surface area contributed by atoms with Crippen LogP contribution in [0.2, 0.25) is 0 Å². The van der Waals surface area contributed by atoms with Crippen molar-refractivity contribution < 1.29 is 44.5 Å². The maximum atomic E-state index is 12.6. The number of phenolic OH excluding ortho intramolecular Hbond substituents is 1. The maximum absolute atomic E-state index is 12.6. The largest absolute Gasteiger partial charge is 0.504 e. The van der Waals surface area contributed by atoms with Gasteiger partial charge < -0.3 is 39.7 Å². The molecule has 0 radical (unpaired) electrons. The van der Waals surface area contributed by atoms with E-state index in [9.17, 15) is 30.3 Å². The lowest BCUT2D eigenvalue weighted by molar-refractivity contribution is -0.311. The molecule has 0 amide bonds. The van der Waals surface area contributed by atoms with E-state index in [-0.39, 0.29) is 24.4 Å². The van der Waals surface area contributed by atoms with Crippen LogP contribution in [0, 0.1) is 0 Å². The molecule has 0 aromatic heterocycles. The van der Waals surface area contributed by atoms with E-state index in [2.05, 4.69) is 6.92 Å². The summed E-state index contributed by atoms with van der Waals surface area (Å²) in [6.45, 7) is 1.52. The molecule has 0 aliphatic carbocycles. The monoisotopic (exact) mass is 456 g/mol. The number of benzene rings is 1. The minimum atomic E-state index is -1.53. The average Bonchev–Trinajstić information content (AvgIpc) is 2.78. The lowest BCUT2D eigenvalue weighted by atomic mass is 9.98. The van der Waals surface area contributed by atoms with Gasteiger partial charge in [0, 0.05) is 12.8 Å². The molecule has 0 unspecified atom stereocenters. The first-order valence-electron chi connectivity index (χ1n) is 11.1. The molecule has 1 aromatic carbocycles. The molecule has 1 fully saturated rings. The number of aliphatic hydroxyl groups is 4. The Bertz CT molecular complexity index is 709. The summed E-state index contributed by atoms with van der Waals surface area (Å²) in [5.41, 5.74) is 0.852. The number of ether oxygens (including phenoxy) is 3. The van der Waals surface area contributed by atoms with Gasteiger partial charge >= 0.3 is 0 Å². The summed E-state index contributed by atoms with van der Waals surface area (Å²) in [7, 11) is 1.46. The number of phenols is 1. The first-order valence-corrected chi connectivity index (χ1v) is 11.1. The maximum Gasteiger partial charge on any atom is 0.186 e. The summed E-state index contributed by atoms with van der Waals surface area (Å²) in [4.78, 5) is 12.6. The van der Waals surface area contributed by atoms with Crippen molar-refractivity contribution in [2.75, 3.05) is 13.7 Å². The summed E-state index contributed by atoms with van der Waals surface area (Å²) in [5.74, 6) is 0.341. The zero-order chi connectivity index (χ0) is 23.7. The number of aliphatic hydroxyl groups excluding tert-OH is 4. The van der Waals surface area contributed by atoms with E-state index >= 15 is 0 Å². The van der Waals surface area contributed by atoms with Crippen molar-refractivity contribution in [3.8, 4) is 11.5 Å². The molecule has 32 heavy (non-hydrogen) atoms. The minimum absolute atomic E-state index is 0.0338. The van der Waals surface area contributed by atoms with Gasteiger partial charge in [-0.15, -0.1) is 0 Å². The molecular weight excluding hydrogens is 420 g/mol. The molecule has 1 heterocycles. The van der Waals surface area contributed by atoms with Crippen LogP contribution < -0.4 is 4.74 Å². The van der Waals surface area contributed by atoms with E-state index in [0.29, 0.717) is 18.6 Å². The fraction of sp³-hybridized carbons (Fsp3) is 0.696. The highest BCUT2D eigenvalue weighted by atomic mass is 16.7. The van der Waals surface area contributed by atoms with Crippen molar-refractivity contribution >= 4 is 5.78 Å². The molecule has 0 saturated carbocycles. The molecule has 9 nitrogen and oxygen atoms in total. The van der Waals surface area contributed by atoms with Crippen LogP contribution in [0.15, 0.2) is 18.2 Å². The van der Waals surface area contributed by atoms with Crippen LogP contribution in [-0.2, 0) is 20.7 Å². The summed E-state index contributed by atoms with van der Waals surface area (Å²) >= 11 is 0. The van der Waals surface area contributed by atoms with Gasteiger partial charge in [0.25, 0.3) is 0 Å². The second-order valence-electron chi connectivity index (χ2n) is 8.20. The molecule has 0 spiro atoms. The van der Waals surface area contributed by atoms with E-state index in [4.69, 9.17) is 14.2 Å². The van der Waals surface area contributed by atoms with Gasteiger partial charge in [-0.05, 0) is 30.5 Å². The number of ketones is 1. The van der Waals surface area contributed by atoms with Crippen LogP contribution in [0.3, 0.4) is 0 Å². The predicted octanol–water partition coefficient (Wildman–Crippen LogP) is 1.06. The van der Waals surface area contributed by atoms with Crippen molar-refractivity contribution in [2.45, 2.75) is 88.7 Å². The Balaban J connectivity index is 1.97. The van der Waals surface area contributed by atoms with Crippen LogP contribution in [0.5, 0.6) is 11.5 Å². The molecule has 182 valence electrons. The Labute approximate surface area is 188 Å². The van der Waals surface area contributed by atoms with Gasteiger partial charge in [-0.1, -0.05) is 32.3 Å². The number of unbranched alkanes of at least 4 members (excludes halogenated alkanes) is 2. The standard InChI is InChI=1S/C23H36O9/c1-3-4-5-6-16(31-23-22(29)21(28)20(27)19(13-24)32-23)12-15(25)9-7-14-8-10-17(26)18(11-14)30-2/h8,10-11,16,19-24,26-29H,3-7,9,12-13H2,1-2H3/t16-,19+,20+,21-,22+,23-/m0/s1. The van der Waals surface area contributed by atoms with Gasteiger partial charge in [0.05, 0.1) is 19.8 Å². The van der Waals surface area contributed by atoms with Gasteiger partial charge in [-0.2, -0.15) is 0 Å². The third-order valence-electron chi connectivity index (χ3n) is 5.70. The normalized spacial score (nSPS) is 26.6. The van der Waals surface area contributed by atoms with Crippen LogP contribution >= 0.6 is 0 Å². The summed E-state index contributed by atoms with van der Waals surface area (Å²) in [6, 6.07) is 4.94. The Morgan fingerprint density at radius 3 is 2.56 bits per heavy atom. The zero-order valence-corrected chi connectivity index (χ0v) is 18.7. The first kappa shape index (κ1) is 26.5. The lowest BCUT2D eigenvalue weighted by Gasteiger charge is -2.40. The Hall–Kier alpha value is -1.75. The SMILES string of the molecule is CCCCC[C@@H](CC(=O)CCc1ccc(O)c(OC)c1)O[C@H]1O[C@H](CO)[C@@H](O)[C@H](O)[C@H]1O. The molecule has 1 aromatic rings. The molecule has 1 aliphatic rings. The molecule has 1 aliphatic heterocycles. The first-order chi connectivity index (χ1) is 15.3. The Kier molecular flexibility index (Phi) is 10.8. The highest BCUT2D eigenvalue weighted by Crippen LogP contribution is 2.28. The smallest absolute Gasteiger partial charge is 0.186 e. The third-order valence-corrected chi connectivity index (χ3v) is 5.70. The number of hydrogen-bond acceptors (Lipinski definition) is 9. The van der Waals surface area contributed by atoms with Gasteiger partial charge in [0.2, 0.25) is 0 Å². The third kappa shape index (κ3) is 7.40. The van der Waals surface area contributed by atoms with Crippen molar-refractivity contribution in [1.29, 1.82) is 0 Å². The van der Waals surface area contributed by atoms with Crippen LogP contribution in [0.1, 0.15) is 51.0 Å². The van der Waals surface area contributed by atoms with Crippen LogP contribution in [-0.4, -0.2) is 81.8 Å². The molecule has 2 rings (SSSR count). The van der Waals surface area contributed by atoms with Crippen LogP contribution in [0.4, 0.5) is 0 Å². The van der Waals surface area contributed by atoms with E-state index < -0.39 is 43.4 Å². The number of aryl methyl sites for hydroxylation is 1. The zero-order valence-electron chi connectivity index (χ0n) is 18.7. The van der Waals surface area contributed by atoms with Crippen LogP contribution in [0.25, 0.3) is 0 Å². The molecule has 6 atom stereocenters. The summed E-state index contributed by atoms with van der Waals surface area (Å²) in [5, 5.41) is 49.2. The van der Waals surface area contributed by atoms with Crippen molar-refractivity contribution in [3.63, 3.8) is 0 Å². The molecular formula is C23H36O9. The van der Waals surface area contributed by atoms with E-state index in [0.717, 1.165) is 24.8 Å². The molecule has 1 saturated heterocycles. The van der Waals surface area contributed by atoms with Gasteiger partial charge in [0.15, 0.2) is 17.8 Å². The topological polar surface area (TPSA) is 146 Å². The Morgan fingerprint density at radius 2 is 1.91 bits per heavy atom. The summed E-state index contributed by atoms with van der Waals surface area (Å²) in [6.07, 6.45) is -3.17. The van der Waals surface area contributed by atoms with E-state index in [1.165, 1.54) is 13.2 Å². The predicted molar refractivity (Wildman–Crippen MR) is 115 cm³/mol. The van der Waals surface area contributed by atoms with Gasteiger partial charge in [-0.3, -0.25) is 4.79 Å². The number of carbonyl (C=O) groups excluding carboxylic acids is 1. The highest BCUT2D eigenvalue weighted by Gasteiger charge is 2.44. The van der Waals surface area contributed by atoms with Crippen molar-refractivity contribution in [3.05, 3.63) is 23.8 Å². The fourth-order valence-electron chi connectivity index (χ4n) is 3.73. The minimum Gasteiger partial charge on any atom is -0.504 e. The van der Waals surface area contributed by atoms with E-state index in [1.54, 1.807) is 12.1 Å². The number of aromatic hydroxyl groups is 1. The number of methoxy groups -OCH3 is 1. The second kappa shape index (κ2) is 13.1. The molecule has 5 N–H and O–H groups in total. The molecule has 9 heteroatoms. The van der Waals surface area contributed by atoms with Gasteiger partial charge in [-0.25, -0.2) is 0 Å².